The molecule has 0 saturated carbocycles. The lowest BCUT2D eigenvalue weighted by molar-refractivity contribution is -0.125. The maximum atomic E-state index is 11.0. The highest BCUT2D eigenvalue weighted by Gasteiger charge is 2.26. The maximum Gasteiger partial charge on any atom is 0.247 e. The Morgan fingerprint density at radius 3 is 3.30 bits per heavy atom. The van der Waals surface area contributed by atoms with E-state index in [4.69, 9.17) is 0 Å². The van der Waals surface area contributed by atoms with Crippen molar-refractivity contribution in [1.29, 1.82) is 0 Å². The van der Waals surface area contributed by atoms with Gasteiger partial charge in [0.15, 0.2) is 0 Å². The molecule has 2 N–H and O–H groups in total. The summed E-state index contributed by atoms with van der Waals surface area (Å²) in [7, 11) is 0. The van der Waals surface area contributed by atoms with Crippen LogP contribution in [0.4, 0.5) is 0 Å². The van der Waals surface area contributed by atoms with E-state index in [-0.39, 0.29) is 5.91 Å². The van der Waals surface area contributed by atoms with Gasteiger partial charge in [-0.2, -0.15) is 0 Å². The molecule has 2 aliphatic heterocycles. The minimum absolute atomic E-state index is 0.174. The Morgan fingerprint density at radius 2 is 2.50 bits per heavy atom. The van der Waals surface area contributed by atoms with E-state index in [2.05, 4.69) is 10.6 Å². The Bertz CT molecular complexity index is 199. The molecule has 1 amide bonds. The van der Waals surface area contributed by atoms with E-state index in [1.807, 2.05) is 6.20 Å². The van der Waals surface area contributed by atoms with Gasteiger partial charge < -0.3 is 10.6 Å². The van der Waals surface area contributed by atoms with Crippen molar-refractivity contribution in [2.75, 3.05) is 19.6 Å². The molecule has 0 atom stereocenters. The summed E-state index contributed by atoms with van der Waals surface area (Å²) in [5.74, 6) is 1.09. The summed E-state index contributed by atoms with van der Waals surface area (Å²) in [6, 6.07) is 0. The van der Waals surface area contributed by atoms with Crippen LogP contribution in [0.1, 0.15) is 0 Å². The van der Waals surface area contributed by atoms with Gasteiger partial charge in [0.1, 0.15) is 5.82 Å². The molecule has 4 nitrogen and oxygen atoms in total. The van der Waals surface area contributed by atoms with Gasteiger partial charge in [0, 0.05) is 19.3 Å². The number of fused-ring (bicyclic) bond motifs is 1. The van der Waals surface area contributed by atoms with Crippen LogP contribution in [-0.4, -0.2) is 30.4 Å². The molecule has 0 bridgehead atoms. The summed E-state index contributed by atoms with van der Waals surface area (Å²) >= 11 is 0. The predicted octanol–water partition coefficient (Wildman–Crippen LogP) is -1.18. The highest BCUT2D eigenvalue weighted by molar-refractivity contribution is 5.83. The first-order valence-corrected chi connectivity index (χ1v) is 3.36. The molecule has 10 heavy (non-hydrogen) atoms. The van der Waals surface area contributed by atoms with Crippen molar-refractivity contribution in [3.8, 4) is 0 Å². The zero-order valence-corrected chi connectivity index (χ0v) is 5.55. The second-order valence-electron chi connectivity index (χ2n) is 2.38. The molecule has 0 aliphatic carbocycles. The Balaban J connectivity index is 2.25. The van der Waals surface area contributed by atoms with E-state index in [0.717, 1.165) is 18.9 Å². The Kier molecular flexibility index (Phi) is 1.06. The minimum atomic E-state index is 0.174. The molecule has 2 heterocycles. The van der Waals surface area contributed by atoms with Crippen molar-refractivity contribution in [2.45, 2.75) is 0 Å². The second kappa shape index (κ2) is 1.90. The fourth-order valence-corrected chi connectivity index (χ4v) is 1.21. The van der Waals surface area contributed by atoms with Crippen molar-refractivity contribution in [3.63, 3.8) is 0 Å². The number of rotatable bonds is 0. The molecule has 0 radical (unpaired) electrons. The van der Waals surface area contributed by atoms with E-state index < -0.39 is 0 Å². The summed E-state index contributed by atoms with van der Waals surface area (Å²) in [4.78, 5) is 12.8. The molecule has 0 aromatic carbocycles. The SMILES string of the molecule is O=C1CNC2=CNCCN12. The molecule has 0 unspecified atom stereocenters. The normalized spacial score (nSPS) is 23.0. The molecule has 0 spiro atoms. The van der Waals surface area contributed by atoms with Crippen LogP contribution in [0, 0.1) is 0 Å². The third kappa shape index (κ3) is 0.650. The van der Waals surface area contributed by atoms with Crippen molar-refractivity contribution in [3.05, 3.63) is 12.0 Å². The van der Waals surface area contributed by atoms with Gasteiger partial charge in [-0.3, -0.25) is 9.69 Å². The van der Waals surface area contributed by atoms with Crippen molar-refractivity contribution in [2.24, 2.45) is 0 Å². The second-order valence-corrected chi connectivity index (χ2v) is 2.38. The number of nitrogens with one attached hydrogen (secondary N) is 2. The smallest absolute Gasteiger partial charge is 0.247 e. The summed E-state index contributed by atoms with van der Waals surface area (Å²) < 4.78 is 0. The largest absolute Gasteiger partial charge is 0.386 e. The van der Waals surface area contributed by atoms with Crippen LogP contribution in [0.5, 0.6) is 0 Å². The standard InChI is InChI=1S/C6H9N3O/c10-6-4-8-5-3-7-1-2-9(5)6/h3,7-8H,1-2,4H2. The number of carbonyl (C=O) groups excluding carboxylic acids is 1. The molecular weight excluding hydrogens is 130 g/mol. The molecular formula is C6H9N3O. The van der Waals surface area contributed by atoms with Gasteiger partial charge in [-0.1, -0.05) is 0 Å². The van der Waals surface area contributed by atoms with E-state index in [1.165, 1.54) is 0 Å². The highest BCUT2D eigenvalue weighted by atomic mass is 16.2. The highest BCUT2D eigenvalue weighted by Crippen LogP contribution is 2.08. The summed E-state index contributed by atoms with van der Waals surface area (Å²) in [5.41, 5.74) is 0. The van der Waals surface area contributed by atoms with Crippen LogP contribution >= 0.6 is 0 Å². The van der Waals surface area contributed by atoms with Gasteiger partial charge in [0.25, 0.3) is 0 Å². The minimum Gasteiger partial charge on any atom is -0.386 e. The van der Waals surface area contributed by atoms with Crippen molar-refractivity contribution < 1.29 is 4.79 Å². The van der Waals surface area contributed by atoms with E-state index in [0.29, 0.717) is 6.54 Å². The molecule has 0 aromatic heterocycles. The third-order valence-electron chi connectivity index (χ3n) is 1.73. The molecule has 2 aliphatic rings. The average molecular weight is 139 g/mol. The first-order valence-electron chi connectivity index (χ1n) is 3.36. The van der Waals surface area contributed by atoms with Crippen molar-refractivity contribution >= 4 is 5.91 Å². The fourth-order valence-electron chi connectivity index (χ4n) is 1.21. The quantitative estimate of drug-likeness (QED) is 0.444. The molecule has 1 saturated heterocycles. The third-order valence-corrected chi connectivity index (χ3v) is 1.73. The van der Waals surface area contributed by atoms with Crippen LogP contribution in [0.2, 0.25) is 0 Å². The lowest BCUT2D eigenvalue weighted by Gasteiger charge is -2.21. The lowest BCUT2D eigenvalue weighted by Crippen LogP contribution is -2.36. The van der Waals surface area contributed by atoms with Gasteiger partial charge in [-0.15, -0.1) is 0 Å². The van der Waals surface area contributed by atoms with Gasteiger partial charge in [0.05, 0.1) is 6.54 Å². The van der Waals surface area contributed by atoms with Crippen molar-refractivity contribution in [1.82, 2.24) is 15.5 Å². The number of carbonyl (C=O) groups is 1. The molecule has 54 valence electrons. The fraction of sp³-hybridized carbons (Fsp3) is 0.500. The van der Waals surface area contributed by atoms with E-state index >= 15 is 0 Å². The number of nitrogens with zero attached hydrogens (tertiary/aromatic N) is 1. The summed E-state index contributed by atoms with van der Waals surface area (Å²) in [5, 5.41) is 6.04. The van der Waals surface area contributed by atoms with Gasteiger partial charge in [-0.05, 0) is 0 Å². The Hall–Kier alpha value is -1.19. The van der Waals surface area contributed by atoms with E-state index in [9.17, 15) is 4.79 Å². The number of amides is 1. The molecule has 1 fully saturated rings. The lowest BCUT2D eigenvalue weighted by atomic mass is 10.4. The van der Waals surface area contributed by atoms with Crippen LogP contribution in [0.15, 0.2) is 12.0 Å². The molecule has 2 rings (SSSR count). The zero-order chi connectivity index (χ0) is 6.97. The number of hydrogen-bond acceptors (Lipinski definition) is 3. The van der Waals surface area contributed by atoms with Crippen LogP contribution in [0.3, 0.4) is 0 Å². The van der Waals surface area contributed by atoms with Crippen LogP contribution < -0.4 is 10.6 Å². The monoisotopic (exact) mass is 139 g/mol. The number of hydrogen-bond donors (Lipinski definition) is 2. The summed E-state index contributed by atoms with van der Waals surface area (Å²) in [6.07, 6.45) is 1.84. The van der Waals surface area contributed by atoms with Gasteiger partial charge in [-0.25, -0.2) is 0 Å². The first kappa shape index (κ1) is 5.58. The molecule has 4 heteroatoms. The Labute approximate surface area is 58.9 Å². The average Bonchev–Trinajstić information content (AvgIpc) is 2.34. The predicted molar refractivity (Wildman–Crippen MR) is 35.8 cm³/mol. The maximum absolute atomic E-state index is 11.0. The topological polar surface area (TPSA) is 44.4 Å². The van der Waals surface area contributed by atoms with Gasteiger partial charge >= 0.3 is 0 Å². The van der Waals surface area contributed by atoms with E-state index in [1.54, 1.807) is 4.90 Å². The first-order chi connectivity index (χ1) is 4.88. The zero-order valence-electron chi connectivity index (χ0n) is 5.55. The summed E-state index contributed by atoms with van der Waals surface area (Å²) in [6.45, 7) is 2.10. The van der Waals surface area contributed by atoms with Crippen LogP contribution in [-0.2, 0) is 4.79 Å². The van der Waals surface area contributed by atoms with Gasteiger partial charge in [0.2, 0.25) is 5.91 Å². The molecule has 0 aromatic rings. The van der Waals surface area contributed by atoms with Crippen LogP contribution in [0.25, 0.3) is 0 Å². The Morgan fingerprint density at radius 1 is 1.60 bits per heavy atom.